The molecule has 0 spiro atoms. The average Bonchev–Trinajstić information content (AvgIpc) is 3.35. The van der Waals surface area contributed by atoms with Gasteiger partial charge in [-0.05, 0) is 36.4 Å². The summed E-state index contributed by atoms with van der Waals surface area (Å²) in [5.41, 5.74) is 0.619. The van der Waals surface area contributed by atoms with Gasteiger partial charge in [0.1, 0.15) is 5.76 Å². The van der Waals surface area contributed by atoms with Crippen molar-refractivity contribution >= 4 is 27.5 Å². The second-order valence-electron chi connectivity index (χ2n) is 7.72. The molecule has 3 heterocycles. The number of morpholine rings is 1. The number of sulfonamides is 1. The number of carbonyl (C=O) groups excluding carboxylic acids is 2. The molecule has 4 rings (SSSR count). The normalized spacial score (nSPS) is 22.4. The van der Waals surface area contributed by atoms with E-state index in [1.807, 2.05) is 12.1 Å². The summed E-state index contributed by atoms with van der Waals surface area (Å²) in [5.74, 6) is -0.760. The van der Waals surface area contributed by atoms with Crippen molar-refractivity contribution in [3.8, 4) is 0 Å². The number of carbonyl (C=O) groups is 2. The molecule has 2 atom stereocenters. The van der Waals surface area contributed by atoms with Crippen LogP contribution in [0, 0.1) is 5.92 Å². The van der Waals surface area contributed by atoms with E-state index < -0.39 is 21.8 Å². The van der Waals surface area contributed by atoms with Gasteiger partial charge in [-0.3, -0.25) is 14.5 Å². The molecular formula is C21H25N3O6S. The van der Waals surface area contributed by atoms with Crippen LogP contribution < -0.4 is 9.62 Å². The third-order valence-electron chi connectivity index (χ3n) is 5.54. The fourth-order valence-electron chi connectivity index (χ4n) is 3.91. The summed E-state index contributed by atoms with van der Waals surface area (Å²) in [4.78, 5) is 27.1. The second-order valence-corrected chi connectivity index (χ2v) is 9.58. The van der Waals surface area contributed by atoms with Gasteiger partial charge in [0.25, 0.3) is 5.91 Å². The molecule has 0 radical (unpaired) electrons. The number of ether oxygens (including phenoxy) is 1. The zero-order valence-electron chi connectivity index (χ0n) is 17.2. The summed E-state index contributed by atoms with van der Waals surface area (Å²) in [7, 11) is -3.67. The SMILES string of the molecule is CC1CS(=O)(=O)N(c2ccc(C(=O)NCC(c3ccco3)N3CCOCC3)cc2)C1=O. The van der Waals surface area contributed by atoms with E-state index in [1.165, 1.54) is 24.3 Å². The molecule has 2 unspecified atom stereocenters. The minimum Gasteiger partial charge on any atom is -0.468 e. The number of hydrogen-bond acceptors (Lipinski definition) is 7. The van der Waals surface area contributed by atoms with Crippen LogP contribution in [0.1, 0.15) is 29.1 Å². The molecule has 0 bridgehead atoms. The lowest BCUT2D eigenvalue weighted by Crippen LogP contribution is -2.43. The molecule has 1 N–H and O–H groups in total. The number of hydrogen-bond donors (Lipinski definition) is 1. The number of nitrogens with one attached hydrogen (secondary N) is 1. The van der Waals surface area contributed by atoms with Gasteiger partial charge in [-0.2, -0.15) is 0 Å². The molecule has 2 saturated heterocycles. The summed E-state index contributed by atoms with van der Waals surface area (Å²) >= 11 is 0. The largest absolute Gasteiger partial charge is 0.468 e. The van der Waals surface area contributed by atoms with Gasteiger partial charge < -0.3 is 14.5 Å². The highest BCUT2D eigenvalue weighted by Crippen LogP contribution is 2.28. The minimum atomic E-state index is -3.67. The van der Waals surface area contributed by atoms with Crippen LogP contribution in [0.3, 0.4) is 0 Å². The Morgan fingerprint density at radius 2 is 1.90 bits per heavy atom. The van der Waals surface area contributed by atoms with Gasteiger partial charge >= 0.3 is 0 Å². The molecule has 9 nitrogen and oxygen atoms in total. The maximum atomic E-state index is 12.7. The molecule has 0 aliphatic carbocycles. The van der Waals surface area contributed by atoms with E-state index in [4.69, 9.17) is 9.15 Å². The smallest absolute Gasteiger partial charge is 0.251 e. The summed E-state index contributed by atoms with van der Waals surface area (Å²) in [6.07, 6.45) is 1.61. The van der Waals surface area contributed by atoms with Gasteiger partial charge in [-0.15, -0.1) is 0 Å². The van der Waals surface area contributed by atoms with Crippen LogP contribution in [-0.4, -0.2) is 63.7 Å². The Morgan fingerprint density at radius 3 is 2.48 bits per heavy atom. The number of benzene rings is 1. The Labute approximate surface area is 181 Å². The van der Waals surface area contributed by atoms with E-state index in [0.29, 0.717) is 25.3 Å². The Kier molecular flexibility index (Phi) is 6.12. The van der Waals surface area contributed by atoms with Crippen molar-refractivity contribution in [3.05, 3.63) is 54.0 Å². The lowest BCUT2D eigenvalue weighted by atomic mass is 10.1. The quantitative estimate of drug-likeness (QED) is 0.713. The summed E-state index contributed by atoms with van der Waals surface area (Å²) in [5, 5.41) is 2.93. The highest BCUT2D eigenvalue weighted by molar-refractivity contribution is 7.94. The van der Waals surface area contributed by atoms with E-state index in [9.17, 15) is 18.0 Å². The van der Waals surface area contributed by atoms with Crippen LogP contribution in [0.15, 0.2) is 47.1 Å². The first-order valence-corrected chi connectivity index (χ1v) is 11.8. The van der Waals surface area contributed by atoms with Crippen molar-refractivity contribution in [1.29, 1.82) is 0 Å². The van der Waals surface area contributed by atoms with Crippen LogP contribution in [0.4, 0.5) is 5.69 Å². The lowest BCUT2D eigenvalue weighted by molar-refractivity contribution is -0.119. The Hall–Kier alpha value is -2.69. The summed E-state index contributed by atoms with van der Waals surface area (Å²) < 4.78 is 36.3. The number of nitrogens with zero attached hydrogens (tertiary/aromatic N) is 2. The number of amides is 2. The van der Waals surface area contributed by atoms with Crippen molar-refractivity contribution in [1.82, 2.24) is 10.2 Å². The van der Waals surface area contributed by atoms with E-state index in [1.54, 1.807) is 13.2 Å². The zero-order chi connectivity index (χ0) is 22.0. The summed E-state index contributed by atoms with van der Waals surface area (Å²) in [6.45, 7) is 4.68. The third-order valence-corrected chi connectivity index (χ3v) is 7.41. The molecule has 1 aromatic heterocycles. The Balaban J connectivity index is 1.44. The predicted molar refractivity (Wildman–Crippen MR) is 113 cm³/mol. The van der Waals surface area contributed by atoms with Crippen LogP contribution in [0.5, 0.6) is 0 Å². The Morgan fingerprint density at radius 1 is 1.19 bits per heavy atom. The van der Waals surface area contributed by atoms with Gasteiger partial charge in [0.05, 0.1) is 42.9 Å². The van der Waals surface area contributed by atoms with Gasteiger partial charge in [0.2, 0.25) is 15.9 Å². The predicted octanol–water partition coefficient (Wildman–Crippen LogP) is 1.40. The monoisotopic (exact) mass is 447 g/mol. The minimum absolute atomic E-state index is 0.115. The topological polar surface area (TPSA) is 109 Å². The van der Waals surface area contributed by atoms with Gasteiger partial charge in [0.15, 0.2) is 0 Å². The molecule has 31 heavy (non-hydrogen) atoms. The molecule has 1 aromatic carbocycles. The Bertz CT molecular complexity index is 1030. The summed E-state index contributed by atoms with van der Waals surface area (Å²) in [6, 6.07) is 9.59. The van der Waals surface area contributed by atoms with Crippen molar-refractivity contribution in [2.24, 2.45) is 5.92 Å². The molecule has 166 valence electrons. The lowest BCUT2D eigenvalue weighted by Gasteiger charge is -2.33. The highest BCUT2D eigenvalue weighted by Gasteiger charge is 2.41. The fraction of sp³-hybridized carbons (Fsp3) is 0.429. The average molecular weight is 448 g/mol. The van der Waals surface area contributed by atoms with E-state index >= 15 is 0 Å². The standard InChI is InChI=1S/C21H25N3O6S/c1-15-14-31(27,28)24(21(15)26)17-6-4-16(5-7-17)20(25)22-13-18(19-3-2-10-30-19)23-8-11-29-12-9-23/h2-7,10,15,18H,8-9,11-14H2,1H3,(H,22,25). The fourth-order valence-corrected chi connectivity index (χ4v) is 5.73. The maximum absolute atomic E-state index is 12.7. The van der Waals surface area contributed by atoms with Crippen LogP contribution in [0.2, 0.25) is 0 Å². The van der Waals surface area contributed by atoms with Crippen LogP contribution in [-0.2, 0) is 19.6 Å². The number of anilines is 1. The van der Waals surface area contributed by atoms with E-state index in [0.717, 1.165) is 23.2 Å². The van der Waals surface area contributed by atoms with Crippen LogP contribution in [0.25, 0.3) is 0 Å². The van der Waals surface area contributed by atoms with Crippen molar-refractivity contribution in [3.63, 3.8) is 0 Å². The first-order valence-electron chi connectivity index (χ1n) is 10.2. The molecule has 2 aliphatic heterocycles. The van der Waals surface area contributed by atoms with Crippen molar-refractivity contribution in [2.75, 3.05) is 42.9 Å². The molecule has 2 fully saturated rings. The molecule has 0 saturated carbocycles. The van der Waals surface area contributed by atoms with Crippen molar-refractivity contribution in [2.45, 2.75) is 13.0 Å². The van der Waals surface area contributed by atoms with Gasteiger partial charge in [0, 0.05) is 25.2 Å². The zero-order valence-corrected chi connectivity index (χ0v) is 18.0. The first kappa shape index (κ1) is 21.5. The molecule has 2 amide bonds. The van der Waals surface area contributed by atoms with Crippen molar-refractivity contribution < 1.29 is 27.2 Å². The molecular weight excluding hydrogens is 422 g/mol. The van der Waals surface area contributed by atoms with Crippen LogP contribution >= 0.6 is 0 Å². The highest BCUT2D eigenvalue weighted by atomic mass is 32.2. The second kappa shape index (κ2) is 8.81. The van der Waals surface area contributed by atoms with Gasteiger partial charge in [-0.1, -0.05) is 6.92 Å². The molecule has 10 heteroatoms. The van der Waals surface area contributed by atoms with Gasteiger partial charge in [-0.25, -0.2) is 12.7 Å². The molecule has 2 aromatic rings. The first-order chi connectivity index (χ1) is 14.9. The third kappa shape index (κ3) is 4.51. The van der Waals surface area contributed by atoms with E-state index in [2.05, 4.69) is 10.2 Å². The molecule has 2 aliphatic rings. The number of furan rings is 1. The maximum Gasteiger partial charge on any atom is 0.251 e. The van der Waals surface area contributed by atoms with E-state index in [-0.39, 0.29) is 23.4 Å². The number of rotatable bonds is 6.